The molecule has 3 rings (SSSR count). The number of hydrogen-bond donors (Lipinski definition) is 3. The molecule has 0 bridgehead atoms. The Morgan fingerprint density at radius 2 is 1.59 bits per heavy atom. The lowest BCUT2D eigenvalue weighted by Crippen LogP contribution is -2.30. The van der Waals surface area contributed by atoms with Gasteiger partial charge in [0.15, 0.2) is 0 Å². The number of phenolic OH excluding ortho intramolecular Hbond substituents is 2. The van der Waals surface area contributed by atoms with Gasteiger partial charge in [-0.25, -0.2) is 0 Å². The Labute approximate surface area is 218 Å². The third kappa shape index (κ3) is 7.26. The topological polar surface area (TPSA) is 99.1 Å². The van der Waals surface area contributed by atoms with Crippen molar-refractivity contribution in [3.05, 3.63) is 70.8 Å². The van der Waals surface area contributed by atoms with Crippen molar-refractivity contribution in [1.29, 1.82) is 0 Å². The number of anilines is 3. The number of para-hydroxylation sites is 1. The van der Waals surface area contributed by atoms with Gasteiger partial charge in [-0.3, -0.25) is 9.59 Å². The van der Waals surface area contributed by atoms with Gasteiger partial charge in [-0.2, -0.15) is 0 Å². The predicted octanol–water partition coefficient (Wildman–Crippen LogP) is 7.15. The third-order valence-electron chi connectivity index (χ3n) is 6.14. The lowest BCUT2D eigenvalue weighted by atomic mass is 10.1. The molecule has 0 unspecified atom stereocenters. The van der Waals surface area contributed by atoms with E-state index < -0.39 is 5.97 Å². The van der Waals surface area contributed by atoms with Crippen LogP contribution in [0, 0.1) is 0 Å². The molecule has 0 spiro atoms. The van der Waals surface area contributed by atoms with E-state index in [0.29, 0.717) is 5.69 Å². The number of nitrogens with one attached hydrogen (secondary N) is 1. The molecule has 7 heteroatoms. The highest BCUT2D eigenvalue weighted by Gasteiger charge is 2.30. The molecule has 0 radical (unpaired) electrons. The van der Waals surface area contributed by atoms with Crippen molar-refractivity contribution in [1.82, 2.24) is 0 Å². The van der Waals surface area contributed by atoms with Crippen molar-refractivity contribution >= 4 is 28.9 Å². The van der Waals surface area contributed by atoms with E-state index in [4.69, 9.17) is 4.74 Å². The largest absolute Gasteiger partial charge is 0.506 e. The summed E-state index contributed by atoms with van der Waals surface area (Å²) in [6, 6.07) is 7.52. The first kappa shape index (κ1) is 27.6. The van der Waals surface area contributed by atoms with Crippen LogP contribution in [0.2, 0.25) is 0 Å². The molecule has 0 aromatic heterocycles. The SMILES string of the molecule is CC(=O)Oc1cc(O)c2c(c1)N(CC=C(C)CCC=C(C)CCC=C(C)C)C(=O)c1cccc(O)c1N2. The number of esters is 1. The second-order valence-corrected chi connectivity index (χ2v) is 9.63. The molecule has 1 heterocycles. The van der Waals surface area contributed by atoms with Gasteiger partial charge in [-0.15, -0.1) is 0 Å². The van der Waals surface area contributed by atoms with E-state index >= 15 is 0 Å². The number of phenols is 2. The Kier molecular flexibility index (Phi) is 9.17. The highest BCUT2D eigenvalue weighted by molar-refractivity contribution is 6.15. The quantitative estimate of drug-likeness (QED) is 0.145. The fourth-order valence-electron chi connectivity index (χ4n) is 4.15. The Morgan fingerprint density at radius 3 is 2.27 bits per heavy atom. The van der Waals surface area contributed by atoms with Crippen LogP contribution in [0.1, 0.15) is 70.7 Å². The van der Waals surface area contributed by atoms with Gasteiger partial charge in [0.05, 0.1) is 16.9 Å². The van der Waals surface area contributed by atoms with Crippen LogP contribution in [0.3, 0.4) is 0 Å². The van der Waals surface area contributed by atoms with Gasteiger partial charge in [-0.05, 0) is 65.5 Å². The average Bonchev–Trinajstić information content (AvgIpc) is 2.92. The fraction of sp³-hybridized carbons (Fsp3) is 0.333. The zero-order valence-corrected chi connectivity index (χ0v) is 22.2. The maximum Gasteiger partial charge on any atom is 0.308 e. The van der Waals surface area contributed by atoms with Gasteiger partial charge < -0.3 is 25.2 Å². The number of benzene rings is 2. The number of amides is 1. The summed E-state index contributed by atoms with van der Waals surface area (Å²) in [5.74, 6) is -1.10. The molecule has 0 atom stereocenters. The summed E-state index contributed by atoms with van der Waals surface area (Å²) in [4.78, 5) is 26.6. The van der Waals surface area contributed by atoms with Crippen molar-refractivity contribution in [3.63, 3.8) is 0 Å². The van der Waals surface area contributed by atoms with E-state index in [0.717, 1.165) is 31.3 Å². The molecular formula is C30H36N2O5. The summed E-state index contributed by atoms with van der Waals surface area (Å²) in [5.41, 5.74) is 4.88. The molecular weight excluding hydrogens is 468 g/mol. The molecule has 0 saturated carbocycles. The van der Waals surface area contributed by atoms with Crippen LogP contribution in [0.5, 0.6) is 17.2 Å². The summed E-state index contributed by atoms with van der Waals surface area (Å²) >= 11 is 0. The molecule has 1 amide bonds. The van der Waals surface area contributed by atoms with Gasteiger partial charge in [0.1, 0.15) is 22.9 Å². The van der Waals surface area contributed by atoms with Crippen LogP contribution in [0.25, 0.3) is 0 Å². The molecule has 0 aliphatic carbocycles. The van der Waals surface area contributed by atoms with E-state index in [9.17, 15) is 19.8 Å². The zero-order chi connectivity index (χ0) is 27.1. The molecule has 3 N–H and O–H groups in total. The molecule has 2 aromatic rings. The number of carbonyl (C=O) groups is 2. The van der Waals surface area contributed by atoms with Crippen molar-refractivity contribution in [2.24, 2.45) is 0 Å². The Hall–Kier alpha value is -4.00. The molecule has 2 aromatic carbocycles. The van der Waals surface area contributed by atoms with Crippen molar-refractivity contribution in [3.8, 4) is 17.2 Å². The minimum absolute atomic E-state index is 0.111. The van der Waals surface area contributed by atoms with Gasteiger partial charge in [0, 0.05) is 25.6 Å². The number of aromatic hydroxyl groups is 2. The van der Waals surface area contributed by atoms with E-state index in [2.05, 4.69) is 38.2 Å². The smallest absolute Gasteiger partial charge is 0.308 e. The Bertz CT molecular complexity index is 1270. The highest BCUT2D eigenvalue weighted by atomic mass is 16.5. The summed E-state index contributed by atoms with van der Waals surface area (Å²) < 4.78 is 5.19. The number of ether oxygens (including phenoxy) is 1. The van der Waals surface area contributed by atoms with Crippen LogP contribution in [0.4, 0.5) is 17.1 Å². The monoisotopic (exact) mass is 504 g/mol. The second-order valence-electron chi connectivity index (χ2n) is 9.63. The zero-order valence-electron chi connectivity index (χ0n) is 22.2. The average molecular weight is 505 g/mol. The lowest BCUT2D eigenvalue weighted by Gasteiger charge is -2.23. The molecule has 37 heavy (non-hydrogen) atoms. The first-order chi connectivity index (χ1) is 17.6. The van der Waals surface area contributed by atoms with Gasteiger partial charge in [0.2, 0.25) is 0 Å². The van der Waals surface area contributed by atoms with Crippen LogP contribution >= 0.6 is 0 Å². The maximum absolute atomic E-state index is 13.6. The fourth-order valence-corrected chi connectivity index (χ4v) is 4.15. The van der Waals surface area contributed by atoms with Crippen LogP contribution in [-0.2, 0) is 4.79 Å². The van der Waals surface area contributed by atoms with Crippen molar-refractivity contribution in [2.45, 2.75) is 60.3 Å². The van der Waals surface area contributed by atoms with Gasteiger partial charge in [-0.1, -0.05) is 41.0 Å². The third-order valence-corrected chi connectivity index (χ3v) is 6.14. The van der Waals surface area contributed by atoms with Gasteiger partial charge in [0.25, 0.3) is 5.91 Å². The summed E-state index contributed by atoms with van der Waals surface area (Å²) in [6.07, 6.45) is 10.3. The first-order valence-electron chi connectivity index (χ1n) is 12.5. The molecule has 0 saturated heterocycles. The maximum atomic E-state index is 13.6. The summed E-state index contributed by atoms with van der Waals surface area (Å²) in [7, 11) is 0. The molecule has 1 aliphatic heterocycles. The van der Waals surface area contributed by atoms with E-state index in [1.54, 1.807) is 12.1 Å². The molecule has 1 aliphatic rings. The van der Waals surface area contributed by atoms with E-state index in [1.807, 2.05) is 13.0 Å². The van der Waals surface area contributed by atoms with Crippen molar-refractivity contribution < 1.29 is 24.5 Å². The number of nitrogens with zero attached hydrogens (tertiary/aromatic N) is 1. The number of carbonyl (C=O) groups excluding carboxylic acids is 2. The van der Waals surface area contributed by atoms with Crippen LogP contribution < -0.4 is 15.0 Å². The van der Waals surface area contributed by atoms with E-state index in [1.165, 1.54) is 41.2 Å². The number of hydrogen-bond acceptors (Lipinski definition) is 6. The first-order valence-corrected chi connectivity index (χ1v) is 12.5. The van der Waals surface area contributed by atoms with E-state index in [-0.39, 0.29) is 46.6 Å². The Balaban J connectivity index is 1.86. The molecule has 7 nitrogen and oxygen atoms in total. The highest BCUT2D eigenvalue weighted by Crippen LogP contribution is 2.46. The van der Waals surface area contributed by atoms with Gasteiger partial charge >= 0.3 is 5.97 Å². The molecule has 196 valence electrons. The molecule has 0 fully saturated rings. The number of rotatable bonds is 9. The lowest BCUT2D eigenvalue weighted by molar-refractivity contribution is -0.131. The second kappa shape index (κ2) is 12.3. The predicted molar refractivity (Wildman–Crippen MR) is 148 cm³/mol. The Morgan fingerprint density at radius 1 is 0.919 bits per heavy atom. The van der Waals surface area contributed by atoms with Crippen molar-refractivity contribution in [2.75, 3.05) is 16.8 Å². The minimum Gasteiger partial charge on any atom is -0.506 e. The standard InChI is InChI=1S/C30H36N2O5/c1-19(2)9-6-10-20(3)11-7-12-21(4)15-16-32-25-17-23(37-22(5)33)18-27(35)29(25)31-28-24(30(32)36)13-8-14-26(28)34/h8-9,11,13-15,17-18,31,34-35H,6-7,10,12,16H2,1-5H3. The van der Waals surface area contributed by atoms with Crippen LogP contribution in [-0.4, -0.2) is 28.6 Å². The number of allylic oxidation sites excluding steroid dienone is 5. The summed E-state index contributed by atoms with van der Waals surface area (Å²) in [5, 5.41) is 24.1. The minimum atomic E-state index is -0.542. The number of fused-ring (bicyclic) bond motifs is 2. The normalized spacial score (nSPS) is 13.3. The van der Waals surface area contributed by atoms with Crippen LogP contribution in [0.15, 0.2) is 65.3 Å². The summed E-state index contributed by atoms with van der Waals surface area (Å²) in [6.45, 7) is 9.90.